The lowest BCUT2D eigenvalue weighted by atomic mass is 10.4. The van der Waals surface area contributed by atoms with Gasteiger partial charge in [0.2, 0.25) is 0 Å². The molecule has 0 N–H and O–H groups in total. The van der Waals surface area contributed by atoms with Crippen LogP contribution < -0.4 is 0 Å². The van der Waals surface area contributed by atoms with Crippen molar-refractivity contribution in [2.75, 3.05) is 27.2 Å². The van der Waals surface area contributed by atoms with E-state index in [2.05, 4.69) is 11.6 Å². The quantitative estimate of drug-likeness (QED) is 0.501. The summed E-state index contributed by atoms with van der Waals surface area (Å²) in [5, 5.41) is 0. The molecule has 2 radical (unpaired) electrons. The van der Waals surface area contributed by atoms with E-state index in [-0.39, 0.29) is 0 Å². The summed E-state index contributed by atoms with van der Waals surface area (Å²) in [7, 11) is 4.02. The summed E-state index contributed by atoms with van der Waals surface area (Å²) in [5.74, 6) is 0. The molecule has 0 amide bonds. The molecule has 52 valence electrons. The van der Waals surface area contributed by atoms with Crippen molar-refractivity contribution in [3.63, 3.8) is 0 Å². The lowest BCUT2D eigenvalue weighted by molar-refractivity contribution is 0.288. The summed E-state index contributed by atoms with van der Waals surface area (Å²) in [6, 6.07) is 0. The fourth-order valence-electron chi connectivity index (χ4n) is 1.10. The smallest absolute Gasteiger partial charge is 0.145 e. The summed E-state index contributed by atoms with van der Waals surface area (Å²) in [4.78, 5) is 4.21. The van der Waals surface area contributed by atoms with Crippen LogP contribution in [-0.4, -0.2) is 37.0 Å². The molecule has 1 heterocycles. The van der Waals surface area contributed by atoms with Crippen molar-refractivity contribution in [1.82, 2.24) is 9.80 Å². The summed E-state index contributed by atoms with van der Waals surface area (Å²) in [6.45, 7) is 5.59. The van der Waals surface area contributed by atoms with E-state index in [1.54, 1.807) is 0 Å². The van der Waals surface area contributed by atoms with Gasteiger partial charge in [0, 0.05) is 13.1 Å². The first-order chi connectivity index (χ1) is 4.29. The molecule has 1 saturated heterocycles. The highest BCUT2D eigenvalue weighted by Crippen LogP contribution is 2.08. The second-order valence-electron chi connectivity index (χ2n) is 2.69. The Morgan fingerprint density at radius 3 is 2.22 bits per heavy atom. The van der Waals surface area contributed by atoms with E-state index in [1.165, 1.54) is 25.9 Å². The third-order valence-corrected chi connectivity index (χ3v) is 1.45. The van der Waals surface area contributed by atoms with Gasteiger partial charge >= 0.3 is 0 Å². The third-order valence-electron chi connectivity index (χ3n) is 1.45. The maximum Gasteiger partial charge on any atom is 0.145 e. The van der Waals surface area contributed by atoms with Crippen molar-refractivity contribution in [3.05, 3.63) is 6.67 Å². The molecule has 1 fully saturated rings. The predicted octanol–water partition coefficient (Wildman–Crippen LogP) is 0.640. The van der Waals surface area contributed by atoms with Crippen LogP contribution >= 0.6 is 0 Å². The van der Waals surface area contributed by atoms with Gasteiger partial charge in [-0.15, -0.1) is 0 Å². The van der Waals surface area contributed by atoms with Gasteiger partial charge in [-0.05, 0) is 26.9 Å². The standard InChI is InChI=1S/C7H14N2/c1-8(2)7-9-5-3-4-6-9/h3-6H2,1-2H3. The molecule has 9 heavy (non-hydrogen) atoms. The number of nitrogens with zero attached hydrogens (tertiary/aromatic N) is 2. The van der Waals surface area contributed by atoms with Gasteiger partial charge in [0.05, 0.1) is 0 Å². The van der Waals surface area contributed by atoms with Crippen LogP contribution in [0.2, 0.25) is 0 Å². The summed E-state index contributed by atoms with van der Waals surface area (Å²) in [5.41, 5.74) is 0. The molecule has 0 bridgehead atoms. The molecule has 1 aliphatic rings. The second-order valence-corrected chi connectivity index (χ2v) is 2.69. The van der Waals surface area contributed by atoms with Crippen molar-refractivity contribution in [3.8, 4) is 0 Å². The minimum absolute atomic E-state index is 1.19. The second kappa shape index (κ2) is 3.18. The molecule has 0 spiro atoms. The Hall–Kier alpha value is -0.0800. The van der Waals surface area contributed by atoms with Crippen LogP contribution in [0.15, 0.2) is 0 Å². The van der Waals surface area contributed by atoms with Crippen LogP contribution in [-0.2, 0) is 0 Å². The van der Waals surface area contributed by atoms with E-state index in [9.17, 15) is 0 Å². The van der Waals surface area contributed by atoms with Crippen molar-refractivity contribution < 1.29 is 0 Å². The first kappa shape index (κ1) is 7.03. The van der Waals surface area contributed by atoms with Crippen LogP contribution in [0.5, 0.6) is 0 Å². The zero-order valence-corrected chi connectivity index (χ0v) is 6.22. The molecule has 2 nitrogen and oxygen atoms in total. The van der Waals surface area contributed by atoms with Gasteiger partial charge in [0.15, 0.2) is 0 Å². The molecular weight excluding hydrogens is 112 g/mol. The third kappa shape index (κ3) is 2.33. The van der Waals surface area contributed by atoms with E-state index in [0.29, 0.717) is 0 Å². The topological polar surface area (TPSA) is 6.48 Å². The molecule has 0 atom stereocenters. The molecule has 0 aliphatic carbocycles. The minimum Gasteiger partial charge on any atom is -0.286 e. The zero-order chi connectivity index (χ0) is 6.69. The van der Waals surface area contributed by atoms with Gasteiger partial charge in [-0.2, -0.15) is 0 Å². The van der Waals surface area contributed by atoms with E-state index in [4.69, 9.17) is 0 Å². The van der Waals surface area contributed by atoms with Crippen LogP contribution in [0.3, 0.4) is 0 Å². The molecule has 0 aromatic heterocycles. The summed E-state index contributed by atoms with van der Waals surface area (Å²) in [6.07, 6.45) is 2.67. The molecular formula is C7H14N2. The normalized spacial score (nSPS) is 21.7. The number of hydrogen-bond donors (Lipinski definition) is 0. The number of hydrogen-bond acceptors (Lipinski definition) is 2. The Bertz CT molecular complexity index is 75.0. The minimum atomic E-state index is 1.19. The van der Waals surface area contributed by atoms with Crippen molar-refractivity contribution in [2.24, 2.45) is 0 Å². The van der Waals surface area contributed by atoms with Crippen LogP contribution in [0.4, 0.5) is 0 Å². The van der Waals surface area contributed by atoms with Gasteiger partial charge in [-0.3, -0.25) is 9.80 Å². The Balaban J connectivity index is 2.11. The van der Waals surface area contributed by atoms with Crippen LogP contribution in [0, 0.1) is 6.67 Å². The SMILES string of the molecule is CN(C)[C]N1CCCC1. The molecule has 0 saturated carbocycles. The first-order valence-electron chi connectivity index (χ1n) is 3.47. The fourth-order valence-corrected chi connectivity index (χ4v) is 1.10. The van der Waals surface area contributed by atoms with Gasteiger partial charge in [-0.25, -0.2) is 0 Å². The fraction of sp³-hybridized carbons (Fsp3) is 0.857. The van der Waals surface area contributed by atoms with Crippen LogP contribution in [0.25, 0.3) is 0 Å². The van der Waals surface area contributed by atoms with E-state index in [0.717, 1.165) is 0 Å². The van der Waals surface area contributed by atoms with E-state index in [1.807, 2.05) is 19.0 Å². The Kier molecular flexibility index (Phi) is 2.49. The predicted molar refractivity (Wildman–Crippen MR) is 37.7 cm³/mol. The van der Waals surface area contributed by atoms with Gasteiger partial charge in [-0.1, -0.05) is 0 Å². The average molecular weight is 126 g/mol. The van der Waals surface area contributed by atoms with Gasteiger partial charge in [0.25, 0.3) is 0 Å². The lowest BCUT2D eigenvalue weighted by Crippen LogP contribution is -2.25. The Labute approximate surface area is 57.4 Å². The highest BCUT2D eigenvalue weighted by Gasteiger charge is 2.12. The molecule has 2 heteroatoms. The average Bonchev–Trinajstić information content (AvgIpc) is 2.15. The maximum absolute atomic E-state index is 3.21. The highest BCUT2D eigenvalue weighted by atomic mass is 15.3. The van der Waals surface area contributed by atoms with Crippen molar-refractivity contribution in [1.29, 1.82) is 0 Å². The monoisotopic (exact) mass is 126 g/mol. The highest BCUT2D eigenvalue weighted by molar-refractivity contribution is 4.71. The Morgan fingerprint density at radius 2 is 1.78 bits per heavy atom. The first-order valence-corrected chi connectivity index (χ1v) is 3.47. The van der Waals surface area contributed by atoms with Gasteiger partial charge in [0.1, 0.15) is 6.67 Å². The Morgan fingerprint density at radius 1 is 1.22 bits per heavy atom. The number of rotatable bonds is 2. The zero-order valence-electron chi connectivity index (χ0n) is 6.22. The largest absolute Gasteiger partial charge is 0.286 e. The number of likely N-dealkylation sites (tertiary alicyclic amines) is 1. The molecule has 1 rings (SSSR count). The van der Waals surface area contributed by atoms with E-state index >= 15 is 0 Å². The lowest BCUT2D eigenvalue weighted by Gasteiger charge is -2.16. The summed E-state index contributed by atoms with van der Waals surface area (Å²) < 4.78 is 0. The summed E-state index contributed by atoms with van der Waals surface area (Å²) >= 11 is 0. The molecule has 0 aromatic carbocycles. The molecule has 0 unspecified atom stereocenters. The van der Waals surface area contributed by atoms with Crippen molar-refractivity contribution in [2.45, 2.75) is 12.8 Å². The molecule has 1 aliphatic heterocycles. The van der Waals surface area contributed by atoms with E-state index < -0.39 is 0 Å². The molecule has 0 aromatic rings. The van der Waals surface area contributed by atoms with Gasteiger partial charge < -0.3 is 0 Å². The maximum atomic E-state index is 3.21. The van der Waals surface area contributed by atoms with Crippen molar-refractivity contribution >= 4 is 0 Å². The van der Waals surface area contributed by atoms with Crippen LogP contribution in [0.1, 0.15) is 12.8 Å².